The number of H-pyrrole nitrogens is 1. The molecule has 152 valence electrons. The fraction of sp³-hybridized carbons (Fsp3) is 0.143. The van der Waals surface area contributed by atoms with Gasteiger partial charge in [-0.1, -0.05) is 35.0 Å². The van der Waals surface area contributed by atoms with Crippen LogP contribution >= 0.6 is 11.3 Å². The first-order valence-electron chi connectivity index (χ1n) is 9.14. The maximum atomic E-state index is 12.4. The molecular formula is C21H18N4O4S. The predicted octanol–water partition coefficient (Wildman–Crippen LogP) is 3.56. The van der Waals surface area contributed by atoms with E-state index in [4.69, 9.17) is 4.74 Å². The fourth-order valence-electron chi connectivity index (χ4n) is 2.74. The van der Waals surface area contributed by atoms with E-state index in [0.29, 0.717) is 29.4 Å². The summed E-state index contributed by atoms with van der Waals surface area (Å²) in [6.45, 7) is 2.38. The first-order valence-corrected chi connectivity index (χ1v) is 10.0. The molecule has 4 aromatic rings. The maximum Gasteiger partial charge on any atom is 0.439 e. The molecule has 0 radical (unpaired) electrons. The number of rotatable bonds is 7. The lowest BCUT2D eigenvalue weighted by molar-refractivity contribution is -0.115. The molecule has 2 aromatic heterocycles. The van der Waals surface area contributed by atoms with Crippen LogP contribution in [0.1, 0.15) is 16.3 Å². The topological polar surface area (TPSA) is 110 Å². The van der Waals surface area contributed by atoms with Crippen LogP contribution in [0.4, 0.5) is 5.69 Å². The summed E-state index contributed by atoms with van der Waals surface area (Å²) in [7, 11) is 0. The molecule has 2 heterocycles. The zero-order valence-corrected chi connectivity index (χ0v) is 16.9. The third kappa shape index (κ3) is 5.00. The molecule has 0 fully saturated rings. The highest BCUT2D eigenvalue weighted by Crippen LogP contribution is 2.19. The summed E-state index contributed by atoms with van der Waals surface area (Å²) in [6.07, 6.45) is 0.145. The molecule has 0 saturated carbocycles. The SMILES string of the molecule is Cc1ccc(OCc2nc(CC(=O)Nc3cccc(-c4noc(=O)[nH]4)c3)cs2)cc1. The number of benzene rings is 2. The third-order valence-corrected chi connectivity index (χ3v) is 5.06. The van der Waals surface area contributed by atoms with Gasteiger partial charge < -0.3 is 10.1 Å². The van der Waals surface area contributed by atoms with Crippen molar-refractivity contribution in [2.75, 3.05) is 5.32 Å². The van der Waals surface area contributed by atoms with E-state index < -0.39 is 5.76 Å². The molecule has 0 saturated heterocycles. The lowest BCUT2D eigenvalue weighted by Crippen LogP contribution is -2.14. The van der Waals surface area contributed by atoms with Crippen LogP contribution in [0.3, 0.4) is 0 Å². The van der Waals surface area contributed by atoms with E-state index in [1.54, 1.807) is 24.3 Å². The van der Waals surface area contributed by atoms with Crippen LogP contribution in [0, 0.1) is 6.92 Å². The zero-order chi connectivity index (χ0) is 20.9. The molecule has 0 aliphatic carbocycles. The summed E-state index contributed by atoms with van der Waals surface area (Å²) in [4.78, 5) is 30.4. The minimum absolute atomic E-state index is 0.145. The van der Waals surface area contributed by atoms with Gasteiger partial charge in [0.25, 0.3) is 0 Å². The normalized spacial score (nSPS) is 10.7. The molecule has 0 unspecified atom stereocenters. The predicted molar refractivity (Wildman–Crippen MR) is 113 cm³/mol. The summed E-state index contributed by atoms with van der Waals surface area (Å²) in [6, 6.07) is 14.8. The highest BCUT2D eigenvalue weighted by molar-refractivity contribution is 7.09. The Labute approximate surface area is 175 Å². The molecule has 1 amide bonds. The molecular weight excluding hydrogens is 404 g/mol. The second-order valence-corrected chi connectivity index (χ2v) is 7.53. The van der Waals surface area contributed by atoms with Gasteiger partial charge in [0, 0.05) is 16.6 Å². The van der Waals surface area contributed by atoms with Crippen molar-refractivity contribution in [1.82, 2.24) is 15.1 Å². The van der Waals surface area contributed by atoms with E-state index in [0.717, 1.165) is 10.8 Å². The van der Waals surface area contributed by atoms with Crippen molar-refractivity contribution >= 4 is 22.9 Å². The van der Waals surface area contributed by atoms with E-state index in [9.17, 15) is 9.59 Å². The molecule has 8 nitrogen and oxygen atoms in total. The Bertz CT molecular complexity index is 1210. The summed E-state index contributed by atoms with van der Waals surface area (Å²) in [5.74, 6) is 0.250. The third-order valence-electron chi connectivity index (χ3n) is 4.18. The van der Waals surface area contributed by atoms with Crippen molar-refractivity contribution in [2.24, 2.45) is 0 Å². The molecule has 9 heteroatoms. The molecule has 0 spiro atoms. The van der Waals surface area contributed by atoms with Gasteiger partial charge in [-0.3, -0.25) is 14.3 Å². The van der Waals surface area contributed by atoms with E-state index >= 15 is 0 Å². The Morgan fingerprint density at radius 1 is 1.23 bits per heavy atom. The number of ether oxygens (including phenoxy) is 1. The minimum Gasteiger partial charge on any atom is -0.486 e. The number of nitrogens with zero attached hydrogens (tertiary/aromatic N) is 2. The van der Waals surface area contributed by atoms with Crippen molar-refractivity contribution in [2.45, 2.75) is 20.0 Å². The molecule has 0 aliphatic heterocycles. The van der Waals surface area contributed by atoms with Crippen molar-refractivity contribution in [3.8, 4) is 17.1 Å². The van der Waals surface area contributed by atoms with E-state index in [2.05, 4.69) is 25.0 Å². The highest BCUT2D eigenvalue weighted by atomic mass is 32.1. The number of carbonyl (C=O) groups excluding carboxylic acids is 1. The number of hydrogen-bond acceptors (Lipinski definition) is 7. The molecule has 4 rings (SSSR count). The Hall–Kier alpha value is -3.72. The highest BCUT2D eigenvalue weighted by Gasteiger charge is 2.10. The van der Waals surface area contributed by atoms with E-state index in [-0.39, 0.29) is 12.3 Å². The smallest absolute Gasteiger partial charge is 0.439 e. The Morgan fingerprint density at radius 3 is 2.83 bits per heavy atom. The van der Waals surface area contributed by atoms with Crippen LogP contribution in [0.5, 0.6) is 5.75 Å². The summed E-state index contributed by atoms with van der Waals surface area (Å²) in [5, 5.41) is 9.12. The van der Waals surface area contributed by atoms with Crippen LogP contribution in [-0.4, -0.2) is 21.0 Å². The first-order chi connectivity index (χ1) is 14.5. The number of carbonyl (C=O) groups is 1. The van der Waals surface area contributed by atoms with Crippen molar-refractivity contribution in [1.29, 1.82) is 0 Å². The van der Waals surface area contributed by atoms with Crippen LogP contribution < -0.4 is 15.8 Å². The second-order valence-electron chi connectivity index (χ2n) is 6.58. The molecule has 2 N–H and O–H groups in total. The monoisotopic (exact) mass is 422 g/mol. The van der Waals surface area contributed by atoms with Gasteiger partial charge in [-0.2, -0.15) is 0 Å². The number of hydrogen-bond donors (Lipinski definition) is 2. The van der Waals surface area contributed by atoms with E-state index in [1.807, 2.05) is 36.6 Å². The number of aromatic nitrogens is 3. The number of thiazole rings is 1. The second kappa shape index (κ2) is 8.75. The van der Waals surface area contributed by atoms with Gasteiger partial charge >= 0.3 is 5.76 Å². The molecule has 0 atom stereocenters. The average Bonchev–Trinajstić information content (AvgIpc) is 3.36. The van der Waals surface area contributed by atoms with Crippen molar-refractivity contribution < 1.29 is 14.1 Å². The van der Waals surface area contributed by atoms with Crippen LogP contribution in [-0.2, 0) is 17.8 Å². The number of aryl methyl sites for hydroxylation is 1. The zero-order valence-electron chi connectivity index (χ0n) is 16.0. The quantitative estimate of drug-likeness (QED) is 0.471. The van der Waals surface area contributed by atoms with Gasteiger partial charge in [-0.15, -0.1) is 11.3 Å². The maximum absolute atomic E-state index is 12.4. The summed E-state index contributed by atoms with van der Waals surface area (Å²) < 4.78 is 10.2. The standard InChI is InChI=1S/C21H18N4O4S/c1-13-5-7-17(8-6-13)28-11-19-23-16(12-30-19)10-18(26)22-15-4-2-3-14(9-15)20-24-21(27)29-25-20/h2-9,12H,10-11H2,1H3,(H,22,26)(H,24,25,27). The van der Waals surface area contributed by atoms with Crippen LogP contribution in [0.25, 0.3) is 11.4 Å². The van der Waals surface area contributed by atoms with Gasteiger partial charge in [-0.25, -0.2) is 9.78 Å². The lowest BCUT2D eigenvalue weighted by Gasteiger charge is -2.05. The summed E-state index contributed by atoms with van der Waals surface area (Å²) in [5.41, 5.74) is 3.06. The average molecular weight is 422 g/mol. The first kappa shape index (κ1) is 19.6. The van der Waals surface area contributed by atoms with E-state index in [1.165, 1.54) is 16.9 Å². The fourth-order valence-corrected chi connectivity index (χ4v) is 3.45. The van der Waals surface area contributed by atoms with Gasteiger partial charge in [-0.05, 0) is 31.2 Å². The Morgan fingerprint density at radius 2 is 2.07 bits per heavy atom. The minimum atomic E-state index is -0.634. The molecule has 30 heavy (non-hydrogen) atoms. The number of anilines is 1. The van der Waals surface area contributed by atoms with Gasteiger partial charge in [0.15, 0.2) is 5.82 Å². The lowest BCUT2D eigenvalue weighted by atomic mass is 10.2. The van der Waals surface area contributed by atoms with Gasteiger partial charge in [0.1, 0.15) is 17.4 Å². The largest absolute Gasteiger partial charge is 0.486 e. The van der Waals surface area contributed by atoms with Crippen LogP contribution in [0.2, 0.25) is 0 Å². The molecule has 0 bridgehead atoms. The summed E-state index contributed by atoms with van der Waals surface area (Å²) >= 11 is 1.45. The van der Waals surface area contributed by atoms with Gasteiger partial charge in [0.2, 0.25) is 5.91 Å². The Kier molecular flexibility index (Phi) is 5.71. The van der Waals surface area contributed by atoms with Crippen molar-refractivity contribution in [3.63, 3.8) is 0 Å². The van der Waals surface area contributed by atoms with Gasteiger partial charge in [0.05, 0.1) is 12.1 Å². The number of amides is 1. The van der Waals surface area contributed by atoms with Crippen LogP contribution in [0.15, 0.2) is 63.2 Å². The Balaban J connectivity index is 1.33. The van der Waals surface area contributed by atoms with Crippen molar-refractivity contribution in [3.05, 3.63) is 80.7 Å². The number of nitrogens with one attached hydrogen (secondary N) is 2. The number of aromatic amines is 1. The molecule has 2 aromatic carbocycles. The molecule has 0 aliphatic rings.